The molecule has 1 aliphatic rings. The summed E-state index contributed by atoms with van der Waals surface area (Å²) in [7, 11) is 0. The van der Waals surface area contributed by atoms with E-state index in [-0.39, 0.29) is 6.03 Å². The van der Waals surface area contributed by atoms with Crippen LogP contribution in [-0.4, -0.2) is 32.3 Å². The maximum absolute atomic E-state index is 12.5. The van der Waals surface area contributed by atoms with Gasteiger partial charge in [-0.3, -0.25) is 0 Å². The van der Waals surface area contributed by atoms with Crippen LogP contribution < -0.4 is 15.5 Å². The van der Waals surface area contributed by atoms with E-state index in [1.165, 1.54) is 0 Å². The van der Waals surface area contributed by atoms with Crippen molar-refractivity contribution in [2.75, 3.05) is 41.8 Å². The van der Waals surface area contributed by atoms with Gasteiger partial charge in [-0.15, -0.1) is 0 Å². The van der Waals surface area contributed by atoms with Crippen LogP contribution in [0.1, 0.15) is 11.1 Å². The summed E-state index contributed by atoms with van der Waals surface area (Å²) in [6, 6.07) is 11.3. The fourth-order valence-corrected chi connectivity index (χ4v) is 3.37. The van der Waals surface area contributed by atoms with Crippen molar-refractivity contribution in [1.82, 2.24) is 0 Å². The summed E-state index contributed by atoms with van der Waals surface area (Å²) < 4.78 is 5.40. The lowest BCUT2D eigenvalue weighted by atomic mass is 10.1. The van der Waals surface area contributed by atoms with E-state index in [0.29, 0.717) is 23.9 Å². The summed E-state index contributed by atoms with van der Waals surface area (Å²) >= 11 is 6.27. The van der Waals surface area contributed by atoms with Crippen molar-refractivity contribution in [3.8, 4) is 0 Å². The van der Waals surface area contributed by atoms with E-state index in [9.17, 15) is 4.79 Å². The molecule has 0 unspecified atom stereocenters. The molecule has 0 saturated carbocycles. The first-order valence-electron chi connectivity index (χ1n) is 8.31. The first-order valence-corrected chi connectivity index (χ1v) is 8.69. The zero-order valence-corrected chi connectivity index (χ0v) is 15.2. The standard InChI is InChI=1S/C19H22ClN3O2/c1-13-11-14(2)18(15(20)12-13)22-19(24)21-16-5-3-4-6-17(16)23-7-9-25-10-8-23/h3-6,11-12H,7-10H2,1-2H3,(H2,21,22,24). The Balaban J connectivity index is 1.76. The minimum absolute atomic E-state index is 0.311. The number of urea groups is 1. The molecule has 25 heavy (non-hydrogen) atoms. The highest BCUT2D eigenvalue weighted by molar-refractivity contribution is 6.34. The Morgan fingerprint density at radius 3 is 2.56 bits per heavy atom. The number of carbonyl (C=O) groups is 1. The van der Waals surface area contributed by atoms with Crippen LogP contribution in [0.3, 0.4) is 0 Å². The number of hydrogen-bond acceptors (Lipinski definition) is 3. The Kier molecular flexibility index (Phi) is 5.46. The molecule has 0 aliphatic carbocycles. The molecule has 1 heterocycles. The van der Waals surface area contributed by atoms with Gasteiger partial charge in [0.25, 0.3) is 0 Å². The van der Waals surface area contributed by atoms with E-state index < -0.39 is 0 Å². The molecular weight excluding hydrogens is 338 g/mol. The largest absolute Gasteiger partial charge is 0.378 e. The third-order valence-electron chi connectivity index (χ3n) is 4.17. The Morgan fingerprint density at radius 2 is 1.84 bits per heavy atom. The Bertz CT molecular complexity index is 750. The van der Waals surface area contributed by atoms with Gasteiger partial charge in [0.05, 0.1) is 35.3 Å². The summed E-state index contributed by atoms with van der Waals surface area (Å²) in [6.07, 6.45) is 0. The lowest BCUT2D eigenvalue weighted by Gasteiger charge is -2.30. The molecule has 5 nitrogen and oxygen atoms in total. The van der Waals surface area contributed by atoms with Crippen LogP contribution in [0, 0.1) is 13.8 Å². The first kappa shape index (κ1) is 17.6. The predicted octanol–water partition coefficient (Wildman–Crippen LogP) is 4.44. The monoisotopic (exact) mass is 359 g/mol. The Labute approximate surface area is 152 Å². The van der Waals surface area contributed by atoms with Crippen LogP contribution in [-0.2, 0) is 4.74 Å². The zero-order valence-electron chi connectivity index (χ0n) is 14.4. The number of nitrogens with zero attached hydrogens (tertiary/aromatic N) is 1. The van der Waals surface area contributed by atoms with Gasteiger partial charge in [0.15, 0.2) is 0 Å². The summed E-state index contributed by atoms with van der Waals surface area (Å²) in [5.74, 6) is 0. The highest BCUT2D eigenvalue weighted by Gasteiger charge is 2.16. The number of morpholine rings is 1. The van der Waals surface area contributed by atoms with Crippen molar-refractivity contribution in [3.05, 3.63) is 52.5 Å². The number of anilines is 3. The molecule has 1 saturated heterocycles. The van der Waals surface area contributed by atoms with Gasteiger partial charge in [0.1, 0.15) is 0 Å². The van der Waals surface area contributed by atoms with Crippen LogP contribution in [0.2, 0.25) is 5.02 Å². The summed E-state index contributed by atoms with van der Waals surface area (Å²) in [4.78, 5) is 14.7. The second kappa shape index (κ2) is 7.76. The minimum Gasteiger partial charge on any atom is -0.378 e. The molecule has 2 N–H and O–H groups in total. The van der Waals surface area contributed by atoms with E-state index in [1.54, 1.807) is 0 Å². The quantitative estimate of drug-likeness (QED) is 0.851. The zero-order chi connectivity index (χ0) is 17.8. The number of carbonyl (C=O) groups excluding carboxylic acids is 1. The average Bonchev–Trinajstić information content (AvgIpc) is 2.59. The molecule has 3 rings (SSSR count). The summed E-state index contributed by atoms with van der Waals surface area (Å²) in [5.41, 5.74) is 4.39. The van der Waals surface area contributed by atoms with Gasteiger partial charge in [-0.2, -0.15) is 0 Å². The predicted molar refractivity (Wildman–Crippen MR) is 103 cm³/mol. The van der Waals surface area contributed by atoms with Gasteiger partial charge in [-0.1, -0.05) is 29.8 Å². The van der Waals surface area contributed by atoms with Crippen molar-refractivity contribution in [3.63, 3.8) is 0 Å². The molecule has 0 aromatic heterocycles. The number of hydrogen-bond donors (Lipinski definition) is 2. The second-order valence-corrected chi connectivity index (χ2v) is 6.54. The topological polar surface area (TPSA) is 53.6 Å². The van der Waals surface area contributed by atoms with E-state index in [1.807, 2.05) is 50.2 Å². The Hall–Kier alpha value is -2.24. The van der Waals surface area contributed by atoms with Crippen LogP contribution in [0.15, 0.2) is 36.4 Å². The van der Waals surface area contributed by atoms with Crippen LogP contribution >= 0.6 is 11.6 Å². The van der Waals surface area contributed by atoms with Crippen LogP contribution in [0.4, 0.5) is 21.9 Å². The lowest BCUT2D eigenvalue weighted by molar-refractivity contribution is 0.123. The molecule has 6 heteroatoms. The van der Waals surface area contributed by atoms with Crippen molar-refractivity contribution >= 4 is 34.7 Å². The molecule has 132 valence electrons. The third kappa shape index (κ3) is 4.24. The van der Waals surface area contributed by atoms with Gasteiger partial charge in [0, 0.05) is 13.1 Å². The molecule has 2 aromatic carbocycles. The number of aryl methyl sites for hydroxylation is 2. The van der Waals surface area contributed by atoms with E-state index in [2.05, 4.69) is 15.5 Å². The third-order valence-corrected chi connectivity index (χ3v) is 4.47. The Morgan fingerprint density at radius 1 is 1.12 bits per heavy atom. The summed E-state index contributed by atoms with van der Waals surface area (Å²) in [6.45, 7) is 6.90. The molecular formula is C19H22ClN3O2. The minimum atomic E-state index is -0.311. The maximum atomic E-state index is 12.5. The normalized spacial score (nSPS) is 14.3. The maximum Gasteiger partial charge on any atom is 0.323 e. The fourth-order valence-electron chi connectivity index (χ4n) is 3.00. The van der Waals surface area contributed by atoms with Gasteiger partial charge in [0.2, 0.25) is 0 Å². The smallest absolute Gasteiger partial charge is 0.323 e. The highest BCUT2D eigenvalue weighted by Crippen LogP contribution is 2.29. The SMILES string of the molecule is Cc1cc(C)c(NC(=O)Nc2ccccc2N2CCOCC2)c(Cl)c1. The van der Waals surface area contributed by atoms with Gasteiger partial charge >= 0.3 is 6.03 Å². The number of ether oxygens (including phenoxy) is 1. The molecule has 2 aromatic rings. The molecule has 1 fully saturated rings. The average molecular weight is 360 g/mol. The second-order valence-electron chi connectivity index (χ2n) is 6.13. The van der Waals surface area contributed by atoms with E-state index >= 15 is 0 Å². The van der Waals surface area contributed by atoms with Crippen molar-refractivity contribution in [2.45, 2.75) is 13.8 Å². The van der Waals surface area contributed by atoms with Crippen LogP contribution in [0.5, 0.6) is 0 Å². The lowest BCUT2D eigenvalue weighted by Crippen LogP contribution is -2.37. The number of benzene rings is 2. The number of halogens is 1. The molecule has 0 spiro atoms. The highest BCUT2D eigenvalue weighted by atomic mass is 35.5. The van der Waals surface area contributed by atoms with Crippen molar-refractivity contribution in [2.24, 2.45) is 0 Å². The van der Waals surface area contributed by atoms with Crippen molar-refractivity contribution < 1.29 is 9.53 Å². The molecule has 1 aliphatic heterocycles. The molecule has 0 atom stereocenters. The summed E-state index contributed by atoms with van der Waals surface area (Å²) in [5, 5.41) is 6.33. The molecule has 0 bridgehead atoms. The molecule has 0 radical (unpaired) electrons. The van der Waals surface area contributed by atoms with Gasteiger partial charge in [-0.05, 0) is 43.2 Å². The van der Waals surface area contributed by atoms with Gasteiger partial charge < -0.3 is 20.3 Å². The van der Waals surface area contributed by atoms with Crippen LogP contribution in [0.25, 0.3) is 0 Å². The fraction of sp³-hybridized carbons (Fsp3) is 0.316. The van der Waals surface area contributed by atoms with Gasteiger partial charge in [-0.25, -0.2) is 4.79 Å². The number of nitrogens with one attached hydrogen (secondary N) is 2. The first-order chi connectivity index (χ1) is 12.0. The number of amides is 2. The molecule has 2 amide bonds. The number of para-hydroxylation sites is 2. The van der Waals surface area contributed by atoms with Crippen molar-refractivity contribution in [1.29, 1.82) is 0 Å². The van der Waals surface area contributed by atoms with E-state index in [0.717, 1.165) is 35.6 Å². The number of rotatable bonds is 3. The van der Waals surface area contributed by atoms with E-state index in [4.69, 9.17) is 16.3 Å².